The average Bonchev–Trinajstić information content (AvgIpc) is 3.87. The number of furan rings is 1. The molecule has 270 valence electrons. The summed E-state index contributed by atoms with van der Waals surface area (Å²) >= 11 is 1.86. The third-order valence-corrected chi connectivity index (χ3v) is 12.5. The molecule has 0 amide bonds. The van der Waals surface area contributed by atoms with Crippen molar-refractivity contribution < 1.29 is 4.42 Å². The molecule has 0 atom stereocenters. The molecule has 0 fully saturated rings. The first kappa shape index (κ1) is 32.7. The summed E-state index contributed by atoms with van der Waals surface area (Å²) in [6.45, 7) is 0. The molecular weight excluding hydrogens is 727 g/mol. The van der Waals surface area contributed by atoms with Gasteiger partial charge in [0.25, 0.3) is 0 Å². The van der Waals surface area contributed by atoms with E-state index >= 15 is 0 Å². The zero-order chi connectivity index (χ0) is 38.2. The van der Waals surface area contributed by atoms with E-state index < -0.39 is 0 Å². The second-order valence-corrected chi connectivity index (χ2v) is 15.8. The first-order valence-corrected chi connectivity index (χ1v) is 20.2. The zero-order valence-electron chi connectivity index (χ0n) is 31.1. The maximum atomic E-state index is 6.27. The highest BCUT2D eigenvalue weighted by atomic mass is 32.1. The Balaban J connectivity index is 0.988. The molecular formula is C53H31N3OS. The van der Waals surface area contributed by atoms with E-state index in [1.165, 1.54) is 41.9 Å². The lowest BCUT2D eigenvalue weighted by Gasteiger charge is -2.12. The Kier molecular flexibility index (Phi) is 7.37. The molecule has 8 aromatic carbocycles. The van der Waals surface area contributed by atoms with Gasteiger partial charge in [0.1, 0.15) is 11.2 Å². The number of pyridine rings is 1. The van der Waals surface area contributed by atoms with E-state index in [-0.39, 0.29) is 0 Å². The molecule has 0 N–H and O–H groups in total. The minimum Gasteiger partial charge on any atom is -0.456 e. The molecule has 4 nitrogen and oxygen atoms in total. The standard InChI is InChI=1S/C53H31N3OS/c1-3-12-34(13-4-1)51-41-28-29-48-50(49(41)40-17-7-9-20-43(40)54-51)42-19-11-18-37(52(42)58-48)32-22-24-33(25-23-32)44-31-45(56-53(55-44)35-14-5-2-6-15-35)36-26-27-39-38-16-8-10-21-46(38)57-47(39)30-36/h1-31H. The minimum atomic E-state index is 0.683. The molecule has 0 aliphatic carbocycles. The van der Waals surface area contributed by atoms with Gasteiger partial charge in [-0.1, -0.05) is 152 Å². The highest BCUT2D eigenvalue weighted by Gasteiger charge is 2.19. The first-order chi connectivity index (χ1) is 28.7. The van der Waals surface area contributed by atoms with Crippen LogP contribution in [0.5, 0.6) is 0 Å². The summed E-state index contributed by atoms with van der Waals surface area (Å²) in [5.41, 5.74) is 11.9. The van der Waals surface area contributed by atoms with Crippen LogP contribution in [0.15, 0.2) is 192 Å². The van der Waals surface area contributed by atoms with E-state index in [0.717, 1.165) is 72.4 Å². The van der Waals surface area contributed by atoms with Gasteiger partial charge >= 0.3 is 0 Å². The summed E-state index contributed by atoms with van der Waals surface area (Å²) in [4.78, 5) is 15.4. The molecule has 12 rings (SSSR count). The SMILES string of the molecule is c1ccc(-c2nc(-c3ccc(-c4cccc5c4sc4ccc6c(-c7ccccc7)nc7ccccc7c6c45)cc3)cc(-c3ccc4c(c3)oc3ccccc34)n2)cc1. The number of fused-ring (bicyclic) bond motifs is 10. The van der Waals surface area contributed by atoms with Crippen LogP contribution in [0, 0.1) is 0 Å². The highest BCUT2D eigenvalue weighted by Crippen LogP contribution is 2.46. The van der Waals surface area contributed by atoms with Crippen molar-refractivity contribution in [2.24, 2.45) is 0 Å². The predicted octanol–water partition coefficient (Wildman–Crippen LogP) is 14.8. The Hall–Kier alpha value is -7.47. The van der Waals surface area contributed by atoms with Gasteiger partial charge < -0.3 is 4.42 Å². The van der Waals surface area contributed by atoms with Crippen LogP contribution < -0.4 is 0 Å². The summed E-state index contributed by atoms with van der Waals surface area (Å²) in [6.07, 6.45) is 0. The van der Waals surface area contributed by atoms with E-state index in [4.69, 9.17) is 19.4 Å². The van der Waals surface area contributed by atoms with Crippen molar-refractivity contribution in [3.63, 3.8) is 0 Å². The van der Waals surface area contributed by atoms with E-state index in [0.29, 0.717) is 5.82 Å². The van der Waals surface area contributed by atoms with E-state index in [9.17, 15) is 0 Å². The molecule has 12 aromatic rings. The molecule has 0 saturated carbocycles. The molecule has 58 heavy (non-hydrogen) atoms. The number of benzene rings is 8. The number of hydrogen-bond donors (Lipinski definition) is 0. The second kappa shape index (κ2) is 13.1. The first-order valence-electron chi connectivity index (χ1n) is 19.4. The summed E-state index contributed by atoms with van der Waals surface area (Å²) < 4.78 is 8.81. The minimum absolute atomic E-state index is 0.683. The zero-order valence-corrected chi connectivity index (χ0v) is 31.9. The molecule has 0 saturated heterocycles. The van der Waals surface area contributed by atoms with Crippen molar-refractivity contribution in [2.75, 3.05) is 0 Å². The van der Waals surface area contributed by atoms with Crippen LogP contribution in [-0.2, 0) is 0 Å². The molecule has 0 bridgehead atoms. The van der Waals surface area contributed by atoms with Crippen molar-refractivity contribution in [1.82, 2.24) is 15.0 Å². The van der Waals surface area contributed by atoms with Crippen molar-refractivity contribution >= 4 is 75.1 Å². The fourth-order valence-electron chi connectivity index (χ4n) is 8.54. The number of aromatic nitrogens is 3. The number of hydrogen-bond acceptors (Lipinski definition) is 5. The van der Waals surface area contributed by atoms with E-state index in [2.05, 4.69) is 152 Å². The molecule has 4 heterocycles. The van der Waals surface area contributed by atoms with Crippen molar-refractivity contribution in [3.05, 3.63) is 188 Å². The Morgan fingerprint density at radius 3 is 1.84 bits per heavy atom. The van der Waals surface area contributed by atoms with Crippen LogP contribution in [-0.4, -0.2) is 15.0 Å². The van der Waals surface area contributed by atoms with Crippen LogP contribution in [0.4, 0.5) is 0 Å². The summed E-state index contributed by atoms with van der Waals surface area (Å²) in [6, 6.07) is 66.0. The fraction of sp³-hybridized carbons (Fsp3) is 0. The topological polar surface area (TPSA) is 51.8 Å². The lowest BCUT2D eigenvalue weighted by Crippen LogP contribution is -1.96. The van der Waals surface area contributed by atoms with Crippen LogP contribution in [0.1, 0.15) is 0 Å². The molecule has 5 heteroatoms. The monoisotopic (exact) mass is 757 g/mol. The van der Waals surface area contributed by atoms with Crippen LogP contribution in [0.25, 0.3) is 120 Å². The van der Waals surface area contributed by atoms with Crippen molar-refractivity contribution in [3.8, 4) is 56.3 Å². The number of nitrogens with zero attached hydrogens (tertiary/aromatic N) is 3. The van der Waals surface area contributed by atoms with Gasteiger partial charge in [-0.2, -0.15) is 0 Å². The molecule has 4 aromatic heterocycles. The highest BCUT2D eigenvalue weighted by molar-refractivity contribution is 7.26. The fourth-order valence-corrected chi connectivity index (χ4v) is 9.78. The summed E-state index contributed by atoms with van der Waals surface area (Å²) in [5.74, 6) is 0.683. The molecule has 0 aliphatic heterocycles. The Labute approximate surface area is 337 Å². The van der Waals surface area contributed by atoms with Gasteiger partial charge in [-0.3, -0.25) is 0 Å². The maximum absolute atomic E-state index is 6.27. The quantitative estimate of drug-likeness (QED) is 0.164. The smallest absolute Gasteiger partial charge is 0.160 e. The second-order valence-electron chi connectivity index (χ2n) is 14.7. The van der Waals surface area contributed by atoms with Gasteiger partial charge in [-0.15, -0.1) is 11.3 Å². The lowest BCUT2D eigenvalue weighted by molar-refractivity contribution is 0.669. The van der Waals surface area contributed by atoms with Crippen LogP contribution in [0.2, 0.25) is 0 Å². The normalized spacial score (nSPS) is 11.8. The summed E-state index contributed by atoms with van der Waals surface area (Å²) in [7, 11) is 0. The van der Waals surface area contributed by atoms with Crippen molar-refractivity contribution in [1.29, 1.82) is 0 Å². The summed E-state index contributed by atoms with van der Waals surface area (Å²) in [5, 5.41) is 8.36. The van der Waals surface area contributed by atoms with E-state index in [1.54, 1.807) is 0 Å². The van der Waals surface area contributed by atoms with Gasteiger partial charge in [-0.05, 0) is 47.5 Å². The van der Waals surface area contributed by atoms with E-state index in [1.807, 2.05) is 47.7 Å². The van der Waals surface area contributed by atoms with Crippen LogP contribution in [0.3, 0.4) is 0 Å². The molecule has 0 radical (unpaired) electrons. The molecule has 0 aliphatic rings. The number of rotatable bonds is 5. The van der Waals surface area contributed by atoms with Gasteiger partial charge in [0.2, 0.25) is 0 Å². The number of para-hydroxylation sites is 2. The van der Waals surface area contributed by atoms with Crippen molar-refractivity contribution in [2.45, 2.75) is 0 Å². The number of thiophene rings is 1. The average molecular weight is 758 g/mol. The lowest BCUT2D eigenvalue weighted by atomic mass is 9.95. The Bertz CT molecular complexity index is 3550. The van der Waals surface area contributed by atoms with Gasteiger partial charge in [0, 0.05) is 69.4 Å². The van der Waals surface area contributed by atoms with Crippen LogP contribution >= 0.6 is 11.3 Å². The predicted molar refractivity (Wildman–Crippen MR) is 242 cm³/mol. The Morgan fingerprint density at radius 1 is 0.379 bits per heavy atom. The maximum Gasteiger partial charge on any atom is 0.160 e. The Morgan fingerprint density at radius 2 is 1.02 bits per heavy atom. The largest absolute Gasteiger partial charge is 0.456 e. The van der Waals surface area contributed by atoms with Gasteiger partial charge in [0.15, 0.2) is 5.82 Å². The third kappa shape index (κ3) is 5.25. The van der Waals surface area contributed by atoms with Gasteiger partial charge in [0.05, 0.1) is 22.6 Å². The van der Waals surface area contributed by atoms with Gasteiger partial charge in [-0.25, -0.2) is 15.0 Å². The molecule has 0 unspecified atom stereocenters. The molecule has 0 spiro atoms. The third-order valence-electron chi connectivity index (χ3n) is 11.3.